The maximum absolute atomic E-state index is 12.7. The van der Waals surface area contributed by atoms with E-state index in [0.717, 1.165) is 42.9 Å². The zero-order valence-electron chi connectivity index (χ0n) is 21.0. The molecule has 2 aromatic carbocycles. The summed E-state index contributed by atoms with van der Waals surface area (Å²) in [5.41, 5.74) is 4.99. The van der Waals surface area contributed by atoms with Crippen molar-refractivity contribution < 1.29 is 23.6 Å². The molecule has 1 atom stereocenters. The lowest BCUT2D eigenvalue weighted by atomic mass is 9.77. The Morgan fingerprint density at radius 1 is 0.973 bits per heavy atom. The summed E-state index contributed by atoms with van der Waals surface area (Å²) in [5.74, 6) is 2.36. The molecule has 0 bridgehead atoms. The smallest absolute Gasteiger partial charge is 0.412 e. The van der Waals surface area contributed by atoms with Crippen molar-refractivity contribution in [2.45, 2.75) is 76.2 Å². The van der Waals surface area contributed by atoms with Gasteiger partial charge in [0.2, 0.25) is 0 Å². The van der Waals surface area contributed by atoms with Crippen LogP contribution < -0.4 is 5.32 Å². The molecular formula is C29H31ClN2O5. The van der Waals surface area contributed by atoms with Crippen molar-refractivity contribution >= 4 is 29.5 Å². The van der Waals surface area contributed by atoms with E-state index in [2.05, 4.69) is 34.7 Å². The highest BCUT2D eigenvalue weighted by atomic mass is 35.5. The number of amides is 1. The topological polar surface area (TPSA) is 98.5 Å². The number of carbonyl (C=O) groups is 1. The van der Waals surface area contributed by atoms with Crippen molar-refractivity contribution in [3.05, 3.63) is 81.7 Å². The normalized spacial score (nSPS) is 19.6. The number of halogens is 1. The fourth-order valence-electron chi connectivity index (χ4n) is 5.12. The van der Waals surface area contributed by atoms with Crippen LogP contribution in [-0.4, -0.2) is 17.4 Å². The van der Waals surface area contributed by atoms with Crippen molar-refractivity contribution in [1.29, 1.82) is 0 Å². The van der Waals surface area contributed by atoms with Crippen LogP contribution in [0.2, 0.25) is 5.02 Å². The number of anilines is 1. The van der Waals surface area contributed by atoms with Gasteiger partial charge in [0.05, 0.1) is 0 Å². The van der Waals surface area contributed by atoms with Crippen LogP contribution in [0.15, 0.2) is 53.1 Å². The van der Waals surface area contributed by atoms with E-state index in [0.29, 0.717) is 22.3 Å². The van der Waals surface area contributed by atoms with Crippen molar-refractivity contribution in [3.63, 3.8) is 0 Å². The molecule has 3 aromatic rings. The van der Waals surface area contributed by atoms with Crippen LogP contribution in [0.1, 0.15) is 97.5 Å². The first-order valence-corrected chi connectivity index (χ1v) is 13.1. The van der Waals surface area contributed by atoms with E-state index in [1.807, 2.05) is 25.1 Å². The standard InChI is InChI=1S/C28H31ClN2O3.CO2/c1-17-26(30-28(32)33-18(2)24-5-3-4-6-25(24)29)27(34-31-17)23-15-13-22(14-16-23)21-11-9-20(10-12-21)19-7-8-19;2-1-3/h3-6,9-12,18-19,22-23H,7-8,13-16H2,1-2H3,(H,30,32);. The second-order valence-corrected chi connectivity index (χ2v) is 10.2. The number of aryl methyl sites for hydroxylation is 1. The maximum Gasteiger partial charge on any atom is 0.412 e. The molecule has 2 fully saturated rings. The minimum Gasteiger partial charge on any atom is -0.441 e. The Bertz CT molecular complexity index is 1240. The molecule has 2 aliphatic carbocycles. The highest BCUT2D eigenvalue weighted by Gasteiger charge is 2.30. The average Bonchev–Trinajstić information content (AvgIpc) is 3.69. The van der Waals surface area contributed by atoms with Crippen molar-refractivity contribution in [1.82, 2.24) is 5.16 Å². The molecule has 7 nitrogen and oxygen atoms in total. The quantitative estimate of drug-likeness (QED) is 0.356. The molecule has 5 rings (SSSR count). The summed E-state index contributed by atoms with van der Waals surface area (Å²) in [4.78, 5) is 28.9. The van der Waals surface area contributed by atoms with Gasteiger partial charge in [0, 0.05) is 16.5 Å². The number of hydrogen-bond donors (Lipinski definition) is 1. The predicted octanol–water partition coefficient (Wildman–Crippen LogP) is 7.68. The van der Waals surface area contributed by atoms with Crippen molar-refractivity contribution in [2.24, 2.45) is 0 Å². The van der Waals surface area contributed by atoms with Crippen molar-refractivity contribution in [3.8, 4) is 0 Å². The molecule has 194 valence electrons. The molecule has 2 saturated carbocycles. The van der Waals surface area contributed by atoms with Crippen LogP contribution in [-0.2, 0) is 14.3 Å². The Labute approximate surface area is 221 Å². The molecular weight excluding hydrogens is 492 g/mol. The second kappa shape index (κ2) is 12.2. The summed E-state index contributed by atoms with van der Waals surface area (Å²) in [6.45, 7) is 3.65. The van der Waals surface area contributed by atoms with Gasteiger partial charge in [-0.3, -0.25) is 5.32 Å². The van der Waals surface area contributed by atoms with Gasteiger partial charge in [0.25, 0.3) is 0 Å². The van der Waals surface area contributed by atoms with E-state index in [1.165, 1.54) is 24.0 Å². The molecule has 2 aliphatic rings. The van der Waals surface area contributed by atoms with Gasteiger partial charge in [0.1, 0.15) is 17.5 Å². The first kappa shape index (κ1) is 26.6. The summed E-state index contributed by atoms with van der Waals surface area (Å²) in [7, 11) is 0. The molecule has 1 N–H and O–H groups in total. The van der Waals surface area contributed by atoms with E-state index in [9.17, 15) is 4.79 Å². The van der Waals surface area contributed by atoms with Gasteiger partial charge < -0.3 is 9.26 Å². The van der Waals surface area contributed by atoms with Crippen LogP contribution >= 0.6 is 11.6 Å². The minimum absolute atomic E-state index is 0.236. The Kier molecular flexibility index (Phi) is 8.80. The molecule has 8 heteroatoms. The van der Waals surface area contributed by atoms with E-state index in [1.54, 1.807) is 13.0 Å². The van der Waals surface area contributed by atoms with Crippen LogP contribution in [0.25, 0.3) is 0 Å². The average molecular weight is 523 g/mol. The molecule has 1 aromatic heterocycles. The number of hydrogen-bond acceptors (Lipinski definition) is 6. The molecule has 0 aliphatic heterocycles. The third kappa shape index (κ3) is 6.68. The molecule has 0 spiro atoms. The minimum atomic E-state index is -0.538. The largest absolute Gasteiger partial charge is 0.441 e. The van der Waals surface area contributed by atoms with Gasteiger partial charge >= 0.3 is 12.2 Å². The summed E-state index contributed by atoms with van der Waals surface area (Å²) in [5, 5.41) is 7.59. The van der Waals surface area contributed by atoms with Gasteiger partial charge in [-0.1, -0.05) is 59.2 Å². The number of carbonyl (C=O) groups excluding carboxylic acids is 3. The van der Waals surface area contributed by atoms with Gasteiger partial charge in [-0.05, 0) is 81.4 Å². The molecule has 0 saturated heterocycles. The molecule has 1 heterocycles. The van der Waals surface area contributed by atoms with E-state index in [4.69, 9.17) is 30.4 Å². The Balaban J connectivity index is 0.00000102. The van der Waals surface area contributed by atoms with Gasteiger partial charge in [0.15, 0.2) is 5.76 Å². The van der Waals surface area contributed by atoms with Crippen LogP contribution in [0.4, 0.5) is 10.5 Å². The van der Waals surface area contributed by atoms with Crippen LogP contribution in [0.3, 0.4) is 0 Å². The lowest BCUT2D eigenvalue weighted by Gasteiger charge is -2.28. The van der Waals surface area contributed by atoms with Gasteiger partial charge in [-0.2, -0.15) is 9.59 Å². The number of rotatable bonds is 6. The fourth-order valence-corrected chi connectivity index (χ4v) is 5.41. The highest BCUT2D eigenvalue weighted by molar-refractivity contribution is 6.31. The molecule has 1 unspecified atom stereocenters. The number of ether oxygens (including phenoxy) is 1. The third-order valence-electron chi connectivity index (χ3n) is 7.30. The number of aromatic nitrogens is 1. The summed E-state index contributed by atoms with van der Waals surface area (Å²) >= 11 is 6.24. The molecule has 0 radical (unpaired) electrons. The number of benzene rings is 2. The fraction of sp³-hybridized carbons (Fsp3) is 0.414. The maximum atomic E-state index is 12.7. The van der Waals surface area contributed by atoms with Gasteiger partial charge in [-0.25, -0.2) is 4.79 Å². The molecule has 37 heavy (non-hydrogen) atoms. The van der Waals surface area contributed by atoms with Crippen molar-refractivity contribution in [2.75, 3.05) is 5.32 Å². The third-order valence-corrected chi connectivity index (χ3v) is 7.64. The lowest BCUT2D eigenvalue weighted by Crippen LogP contribution is -2.19. The predicted molar refractivity (Wildman–Crippen MR) is 139 cm³/mol. The Hall–Kier alpha value is -3.41. The zero-order chi connectivity index (χ0) is 26.4. The molecule has 1 amide bonds. The van der Waals surface area contributed by atoms with Crippen LogP contribution in [0.5, 0.6) is 0 Å². The monoisotopic (exact) mass is 522 g/mol. The SMILES string of the molecule is Cc1noc(C2CCC(c3ccc(C4CC4)cc3)CC2)c1NC(=O)OC(C)c1ccccc1Cl.O=C=O. The Morgan fingerprint density at radius 3 is 2.03 bits per heavy atom. The number of nitrogens with one attached hydrogen (secondary N) is 1. The first-order valence-electron chi connectivity index (χ1n) is 12.7. The van der Waals surface area contributed by atoms with E-state index >= 15 is 0 Å². The summed E-state index contributed by atoms with van der Waals surface area (Å²) in [6.07, 6.45) is 6.12. The van der Waals surface area contributed by atoms with E-state index in [-0.39, 0.29) is 12.1 Å². The number of nitrogens with zero attached hydrogens (tertiary/aromatic N) is 1. The first-order chi connectivity index (χ1) is 17.9. The summed E-state index contributed by atoms with van der Waals surface area (Å²) in [6, 6.07) is 16.6. The van der Waals surface area contributed by atoms with Gasteiger partial charge in [-0.15, -0.1) is 0 Å². The second-order valence-electron chi connectivity index (χ2n) is 9.77. The lowest BCUT2D eigenvalue weighted by molar-refractivity contribution is -0.191. The van der Waals surface area contributed by atoms with E-state index < -0.39 is 12.2 Å². The Morgan fingerprint density at radius 2 is 1.49 bits per heavy atom. The summed E-state index contributed by atoms with van der Waals surface area (Å²) < 4.78 is 11.3. The zero-order valence-corrected chi connectivity index (χ0v) is 21.8. The highest BCUT2D eigenvalue weighted by Crippen LogP contribution is 2.44. The van der Waals surface area contributed by atoms with Crippen LogP contribution in [0, 0.1) is 6.92 Å².